The summed E-state index contributed by atoms with van der Waals surface area (Å²) in [6.45, 7) is 2.76. The van der Waals surface area contributed by atoms with Gasteiger partial charge in [0.25, 0.3) is 0 Å². The van der Waals surface area contributed by atoms with E-state index in [1.54, 1.807) is 31.2 Å². The van der Waals surface area contributed by atoms with Crippen molar-refractivity contribution >= 4 is 40.0 Å². The molecule has 27 heavy (non-hydrogen) atoms. The van der Waals surface area contributed by atoms with Crippen molar-refractivity contribution in [1.82, 2.24) is 9.88 Å². The minimum atomic E-state index is -0.790. The standard InChI is InChI=1S/C21H20Cl2N2O2/c1-12(26)20(13-2-4-14(22)5-3-13)21(27)25-9-8-16-17-10-15(23)6-7-18(17)24-19(16)11-25/h2-7,10,12,20,24,26H,8-9,11H2,1H3. The average molecular weight is 403 g/mol. The number of nitrogens with one attached hydrogen (secondary N) is 1. The molecule has 2 unspecified atom stereocenters. The number of carbonyl (C=O) groups excluding carboxylic acids is 1. The first-order valence-corrected chi connectivity index (χ1v) is 9.71. The van der Waals surface area contributed by atoms with E-state index in [1.165, 1.54) is 5.56 Å². The van der Waals surface area contributed by atoms with E-state index in [2.05, 4.69) is 4.98 Å². The molecule has 0 spiro atoms. The van der Waals surface area contributed by atoms with Crippen LogP contribution in [0.4, 0.5) is 0 Å². The number of benzene rings is 2. The van der Waals surface area contributed by atoms with Crippen LogP contribution in [-0.2, 0) is 17.8 Å². The Kier molecular flexibility index (Phi) is 4.89. The zero-order valence-electron chi connectivity index (χ0n) is 14.9. The quantitative estimate of drug-likeness (QED) is 0.676. The number of nitrogens with zero attached hydrogens (tertiary/aromatic N) is 1. The zero-order chi connectivity index (χ0) is 19.1. The molecule has 0 aliphatic carbocycles. The van der Waals surface area contributed by atoms with Crippen LogP contribution in [0, 0.1) is 0 Å². The molecule has 4 rings (SSSR count). The van der Waals surface area contributed by atoms with Crippen LogP contribution in [0.15, 0.2) is 42.5 Å². The largest absolute Gasteiger partial charge is 0.392 e. The third-order valence-electron chi connectivity index (χ3n) is 5.23. The first-order chi connectivity index (χ1) is 12.9. The molecule has 2 N–H and O–H groups in total. The topological polar surface area (TPSA) is 56.3 Å². The third kappa shape index (κ3) is 3.45. The SMILES string of the molecule is CC(O)C(C(=O)N1CCc2c([nH]c3ccc(Cl)cc23)C1)c1ccc(Cl)cc1. The maximum Gasteiger partial charge on any atom is 0.233 e. The van der Waals surface area contributed by atoms with Gasteiger partial charge in [-0.2, -0.15) is 0 Å². The minimum Gasteiger partial charge on any atom is -0.392 e. The molecule has 0 radical (unpaired) electrons. The fourth-order valence-electron chi connectivity index (χ4n) is 3.90. The number of aromatic amines is 1. The van der Waals surface area contributed by atoms with Crippen LogP contribution >= 0.6 is 23.2 Å². The summed E-state index contributed by atoms with van der Waals surface area (Å²) in [7, 11) is 0. The maximum atomic E-state index is 13.2. The molecule has 2 aromatic carbocycles. The Balaban J connectivity index is 1.62. The summed E-state index contributed by atoms with van der Waals surface area (Å²) in [4.78, 5) is 18.4. The number of aliphatic hydroxyl groups excluding tert-OH is 1. The smallest absolute Gasteiger partial charge is 0.233 e. The van der Waals surface area contributed by atoms with Gasteiger partial charge in [-0.05, 0) is 54.8 Å². The van der Waals surface area contributed by atoms with Gasteiger partial charge in [0.15, 0.2) is 0 Å². The van der Waals surface area contributed by atoms with Crippen LogP contribution in [0.1, 0.15) is 29.7 Å². The van der Waals surface area contributed by atoms with Crippen molar-refractivity contribution in [2.45, 2.75) is 31.9 Å². The molecule has 2 heterocycles. The molecule has 3 aromatic rings. The number of hydrogen-bond acceptors (Lipinski definition) is 2. The van der Waals surface area contributed by atoms with Crippen LogP contribution in [-0.4, -0.2) is 33.5 Å². The van der Waals surface area contributed by atoms with E-state index in [9.17, 15) is 9.90 Å². The van der Waals surface area contributed by atoms with Crippen LogP contribution in [0.25, 0.3) is 10.9 Å². The number of halogens is 2. The summed E-state index contributed by atoms with van der Waals surface area (Å²) in [5, 5.41) is 12.7. The molecule has 140 valence electrons. The van der Waals surface area contributed by atoms with Gasteiger partial charge < -0.3 is 15.0 Å². The lowest BCUT2D eigenvalue weighted by molar-refractivity contribution is -0.136. The maximum absolute atomic E-state index is 13.2. The third-order valence-corrected chi connectivity index (χ3v) is 5.71. The van der Waals surface area contributed by atoms with E-state index in [4.69, 9.17) is 23.2 Å². The first-order valence-electron chi connectivity index (χ1n) is 8.95. The van der Waals surface area contributed by atoms with Crippen LogP contribution in [0.5, 0.6) is 0 Å². The van der Waals surface area contributed by atoms with Crippen molar-refractivity contribution in [3.8, 4) is 0 Å². The van der Waals surface area contributed by atoms with Crippen molar-refractivity contribution in [3.05, 3.63) is 69.3 Å². The van der Waals surface area contributed by atoms with Crippen LogP contribution in [0.2, 0.25) is 10.0 Å². The number of aliphatic hydroxyl groups is 1. The molecule has 1 aliphatic rings. The molecule has 6 heteroatoms. The number of amides is 1. The highest BCUT2D eigenvalue weighted by Gasteiger charge is 2.32. The number of rotatable bonds is 3. The number of carbonyl (C=O) groups is 1. The predicted molar refractivity (Wildman–Crippen MR) is 108 cm³/mol. The second-order valence-corrected chi connectivity index (χ2v) is 7.92. The van der Waals surface area contributed by atoms with E-state index in [0.717, 1.165) is 28.6 Å². The molecule has 0 saturated heterocycles. The molecule has 2 atom stereocenters. The molecule has 0 fully saturated rings. The van der Waals surface area contributed by atoms with Crippen molar-refractivity contribution in [3.63, 3.8) is 0 Å². The Hall–Kier alpha value is -2.01. The lowest BCUT2D eigenvalue weighted by Gasteiger charge is -2.32. The Labute approximate surface area is 167 Å². The summed E-state index contributed by atoms with van der Waals surface area (Å²) in [6, 6.07) is 12.9. The van der Waals surface area contributed by atoms with Crippen LogP contribution in [0.3, 0.4) is 0 Å². The number of aromatic nitrogens is 1. The lowest BCUT2D eigenvalue weighted by atomic mass is 9.91. The molecule has 1 aliphatic heterocycles. The second-order valence-electron chi connectivity index (χ2n) is 7.05. The zero-order valence-corrected chi connectivity index (χ0v) is 16.4. The van der Waals surface area contributed by atoms with Gasteiger partial charge in [-0.3, -0.25) is 4.79 Å². The van der Waals surface area contributed by atoms with Crippen LogP contribution < -0.4 is 0 Å². The van der Waals surface area contributed by atoms with Gasteiger partial charge in [0.2, 0.25) is 5.91 Å². The lowest BCUT2D eigenvalue weighted by Crippen LogP contribution is -2.41. The van der Waals surface area contributed by atoms with Gasteiger partial charge in [-0.25, -0.2) is 0 Å². The predicted octanol–water partition coefficient (Wildman–Crippen LogP) is 4.52. The van der Waals surface area contributed by atoms with E-state index >= 15 is 0 Å². The Morgan fingerprint density at radius 2 is 1.85 bits per heavy atom. The van der Waals surface area contributed by atoms with E-state index in [0.29, 0.717) is 23.1 Å². The number of hydrogen-bond donors (Lipinski definition) is 2. The highest BCUT2D eigenvalue weighted by molar-refractivity contribution is 6.31. The first kappa shape index (κ1) is 18.4. The summed E-state index contributed by atoms with van der Waals surface area (Å²) in [5.41, 5.74) is 4.06. The molecule has 0 saturated carbocycles. The molecule has 4 nitrogen and oxygen atoms in total. The summed E-state index contributed by atoms with van der Waals surface area (Å²) >= 11 is 12.1. The molecular weight excluding hydrogens is 383 g/mol. The van der Waals surface area contributed by atoms with E-state index in [1.807, 2.05) is 23.1 Å². The summed E-state index contributed by atoms with van der Waals surface area (Å²) < 4.78 is 0. The Morgan fingerprint density at radius 1 is 1.15 bits per heavy atom. The number of H-pyrrole nitrogens is 1. The van der Waals surface area contributed by atoms with Gasteiger partial charge >= 0.3 is 0 Å². The highest BCUT2D eigenvalue weighted by Crippen LogP contribution is 2.32. The van der Waals surface area contributed by atoms with Crippen molar-refractivity contribution in [1.29, 1.82) is 0 Å². The van der Waals surface area contributed by atoms with Gasteiger partial charge in [-0.1, -0.05) is 35.3 Å². The van der Waals surface area contributed by atoms with Gasteiger partial charge in [0, 0.05) is 33.2 Å². The molecular formula is C21H20Cl2N2O2. The molecule has 1 amide bonds. The fraction of sp³-hybridized carbons (Fsp3) is 0.286. The average Bonchev–Trinajstić information content (AvgIpc) is 3.00. The van der Waals surface area contributed by atoms with E-state index < -0.39 is 12.0 Å². The Bertz CT molecular complexity index is 995. The van der Waals surface area contributed by atoms with E-state index in [-0.39, 0.29) is 5.91 Å². The molecule has 1 aromatic heterocycles. The Morgan fingerprint density at radius 3 is 2.56 bits per heavy atom. The monoisotopic (exact) mass is 402 g/mol. The molecule has 0 bridgehead atoms. The summed E-state index contributed by atoms with van der Waals surface area (Å²) in [6.07, 6.45) is -0.0317. The van der Waals surface area contributed by atoms with Gasteiger partial charge in [0.1, 0.15) is 0 Å². The number of fused-ring (bicyclic) bond motifs is 3. The van der Waals surface area contributed by atoms with Crippen molar-refractivity contribution in [2.75, 3.05) is 6.54 Å². The second kappa shape index (κ2) is 7.19. The summed E-state index contributed by atoms with van der Waals surface area (Å²) in [5.74, 6) is -0.683. The van der Waals surface area contributed by atoms with Crippen molar-refractivity contribution < 1.29 is 9.90 Å². The van der Waals surface area contributed by atoms with Crippen molar-refractivity contribution in [2.24, 2.45) is 0 Å². The van der Waals surface area contributed by atoms with Gasteiger partial charge in [-0.15, -0.1) is 0 Å². The minimum absolute atomic E-state index is 0.0744. The highest BCUT2D eigenvalue weighted by atomic mass is 35.5. The normalized spacial score (nSPS) is 16.2. The fourth-order valence-corrected chi connectivity index (χ4v) is 4.19. The van der Waals surface area contributed by atoms with Gasteiger partial charge in [0.05, 0.1) is 18.6 Å².